The number of rotatable bonds is 7. The number of fused-ring (bicyclic) bond motifs is 1. The third-order valence-electron chi connectivity index (χ3n) is 5.06. The van der Waals surface area contributed by atoms with Gasteiger partial charge in [-0.3, -0.25) is 9.59 Å². The summed E-state index contributed by atoms with van der Waals surface area (Å²) in [5.41, 5.74) is 0.846. The minimum atomic E-state index is -1.29. The molecule has 2 aromatic rings. The second kappa shape index (κ2) is 9.80. The van der Waals surface area contributed by atoms with Gasteiger partial charge in [-0.15, -0.1) is 22.0 Å². The molecule has 12 heteroatoms. The van der Waals surface area contributed by atoms with Gasteiger partial charge in [-0.05, 0) is 19.4 Å². The summed E-state index contributed by atoms with van der Waals surface area (Å²) in [4.78, 5) is 38.3. The predicted octanol–water partition coefficient (Wildman–Crippen LogP) is -2.54. The van der Waals surface area contributed by atoms with Crippen LogP contribution in [-0.4, -0.2) is 60.8 Å². The molecule has 8 nitrogen and oxygen atoms in total. The van der Waals surface area contributed by atoms with Gasteiger partial charge in [-0.25, -0.2) is 0 Å². The maximum Gasteiger partial charge on any atom is 1.00 e. The van der Waals surface area contributed by atoms with E-state index in [4.69, 9.17) is 0 Å². The van der Waals surface area contributed by atoms with Gasteiger partial charge in [-0.1, -0.05) is 53.4 Å². The SMILES string of the molecule is Cc1nnc(SCC2(C)SC3C(NC(=O)Cc4ccccc4)C(=O)N3C2C(=O)[O-])s1.[Na+]. The van der Waals surface area contributed by atoms with Gasteiger partial charge in [0.25, 0.3) is 0 Å². The molecule has 2 fully saturated rings. The first-order valence-electron chi connectivity index (χ1n) is 9.25. The fourth-order valence-electron chi connectivity index (χ4n) is 3.68. The minimum absolute atomic E-state index is 0. The molecule has 1 aromatic carbocycles. The van der Waals surface area contributed by atoms with E-state index < -0.39 is 28.2 Å². The van der Waals surface area contributed by atoms with Crippen molar-refractivity contribution >= 4 is 52.6 Å². The van der Waals surface area contributed by atoms with Crippen LogP contribution in [0.5, 0.6) is 0 Å². The summed E-state index contributed by atoms with van der Waals surface area (Å²) in [6, 6.07) is 7.44. The molecule has 2 amide bonds. The van der Waals surface area contributed by atoms with Crippen LogP contribution in [0.3, 0.4) is 0 Å². The largest absolute Gasteiger partial charge is 1.00 e. The first kappa shape index (κ1) is 24.5. The van der Waals surface area contributed by atoms with E-state index in [-0.39, 0.29) is 47.8 Å². The van der Waals surface area contributed by atoms with Crippen molar-refractivity contribution in [3.8, 4) is 0 Å². The van der Waals surface area contributed by atoms with Crippen LogP contribution in [0, 0.1) is 6.92 Å². The van der Waals surface area contributed by atoms with Crippen molar-refractivity contribution in [1.29, 1.82) is 0 Å². The molecule has 3 heterocycles. The Kier molecular flexibility index (Phi) is 7.75. The molecule has 4 atom stereocenters. The number of carboxylic acids is 1. The fourth-order valence-corrected chi connectivity index (χ4v) is 7.53. The zero-order valence-electron chi connectivity index (χ0n) is 17.2. The average Bonchev–Trinajstić information content (AvgIpc) is 3.25. The molecule has 2 aliphatic rings. The number of carbonyl (C=O) groups excluding carboxylic acids is 3. The zero-order chi connectivity index (χ0) is 21.5. The van der Waals surface area contributed by atoms with Gasteiger partial charge in [0.1, 0.15) is 16.4 Å². The van der Waals surface area contributed by atoms with E-state index in [9.17, 15) is 19.5 Å². The number of nitrogens with zero attached hydrogens (tertiary/aromatic N) is 3. The topological polar surface area (TPSA) is 115 Å². The average molecular weight is 487 g/mol. The van der Waals surface area contributed by atoms with Gasteiger partial charge in [0.15, 0.2) is 4.34 Å². The number of β-lactam (4-membered cyclic amide) rings is 1. The smallest absolute Gasteiger partial charge is 0.548 e. The number of carbonyl (C=O) groups is 3. The molecule has 0 saturated carbocycles. The molecular weight excluding hydrogens is 467 g/mol. The van der Waals surface area contributed by atoms with Crippen LogP contribution in [-0.2, 0) is 20.8 Å². The van der Waals surface area contributed by atoms with E-state index in [2.05, 4.69) is 15.5 Å². The molecule has 1 N–H and O–H groups in total. The molecule has 0 bridgehead atoms. The van der Waals surface area contributed by atoms with Gasteiger partial charge in [0, 0.05) is 5.75 Å². The molecule has 0 spiro atoms. The van der Waals surface area contributed by atoms with Gasteiger partial charge in [-0.2, -0.15) is 0 Å². The standard InChI is InChI=1S/C19H20N4O4S3.Na/c1-10-21-22-18(29-10)28-9-19(2)14(17(26)27)23-15(25)13(16(23)30-19)20-12(24)8-11-6-4-3-5-7-11;/h3-7,13-14,16H,8-9H2,1-2H3,(H,20,24)(H,26,27);/q;+1/p-1. The van der Waals surface area contributed by atoms with Crippen molar-refractivity contribution in [3.05, 3.63) is 40.9 Å². The number of aliphatic carboxylic acids is 1. The Bertz CT molecular complexity index is 992. The first-order chi connectivity index (χ1) is 14.3. The Morgan fingerprint density at radius 2 is 2.00 bits per heavy atom. The Balaban J connectivity index is 0.00000272. The second-order valence-electron chi connectivity index (χ2n) is 7.37. The van der Waals surface area contributed by atoms with Crippen molar-refractivity contribution in [1.82, 2.24) is 20.4 Å². The molecule has 4 rings (SSSR count). The fraction of sp³-hybridized carbons (Fsp3) is 0.421. The molecule has 158 valence electrons. The van der Waals surface area contributed by atoms with Crippen molar-refractivity contribution < 1.29 is 49.0 Å². The van der Waals surface area contributed by atoms with Gasteiger partial charge >= 0.3 is 29.6 Å². The molecule has 31 heavy (non-hydrogen) atoms. The van der Waals surface area contributed by atoms with Crippen LogP contribution in [0.1, 0.15) is 17.5 Å². The van der Waals surface area contributed by atoms with Crippen LogP contribution in [0.25, 0.3) is 0 Å². The molecule has 2 saturated heterocycles. The zero-order valence-corrected chi connectivity index (χ0v) is 21.7. The van der Waals surface area contributed by atoms with Crippen LogP contribution in [0.2, 0.25) is 0 Å². The Hall–Kier alpha value is -1.11. The maximum atomic E-state index is 12.7. The number of benzene rings is 1. The van der Waals surface area contributed by atoms with Crippen molar-refractivity contribution in [3.63, 3.8) is 0 Å². The third kappa shape index (κ3) is 4.96. The van der Waals surface area contributed by atoms with E-state index in [1.54, 1.807) is 0 Å². The van der Waals surface area contributed by atoms with E-state index in [1.807, 2.05) is 44.2 Å². The van der Waals surface area contributed by atoms with E-state index in [1.165, 1.54) is 39.8 Å². The molecule has 1 aromatic heterocycles. The number of hydrogen-bond donors (Lipinski definition) is 1. The molecule has 0 radical (unpaired) electrons. The quantitative estimate of drug-likeness (QED) is 0.259. The Morgan fingerprint density at radius 3 is 2.61 bits per heavy atom. The first-order valence-corrected chi connectivity index (χ1v) is 11.9. The monoisotopic (exact) mass is 486 g/mol. The summed E-state index contributed by atoms with van der Waals surface area (Å²) < 4.78 is -0.0258. The summed E-state index contributed by atoms with van der Waals surface area (Å²) >= 11 is 4.24. The summed E-state index contributed by atoms with van der Waals surface area (Å²) in [5, 5.41) is 23.1. The molecule has 2 aliphatic heterocycles. The maximum absolute atomic E-state index is 12.7. The van der Waals surface area contributed by atoms with Gasteiger partial charge in [0.2, 0.25) is 11.8 Å². The van der Waals surface area contributed by atoms with Gasteiger partial charge < -0.3 is 20.1 Å². The van der Waals surface area contributed by atoms with Crippen LogP contribution in [0.15, 0.2) is 34.7 Å². The summed E-state index contributed by atoms with van der Waals surface area (Å²) in [7, 11) is 0. The summed E-state index contributed by atoms with van der Waals surface area (Å²) in [6.45, 7) is 3.67. The molecule has 0 aliphatic carbocycles. The van der Waals surface area contributed by atoms with Crippen LogP contribution in [0.4, 0.5) is 0 Å². The van der Waals surface area contributed by atoms with Crippen LogP contribution >= 0.6 is 34.9 Å². The predicted molar refractivity (Wildman–Crippen MR) is 113 cm³/mol. The van der Waals surface area contributed by atoms with E-state index in [0.29, 0.717) is 5.75 Å². The van der Waals surface area contributed by atoms with Crippen molar-refractivity contribution in [2.75, 3.05) is 5.75 Å². The molecular formula is C19H19N4NaO4S3. The normalized spacial score (nSPS) is 26.6. The van der Waals surface area contributed by atoms with Crippen molar-refractivity contribution in [2.24, 2.45) is 0 Å². The summed E-state index contributed by atoms with van der Waals surface area (Å²) in [5.74, 6) is -1.51. The van der Waals surface area contributed by atoms with Gasteiger partial charge in [0.05, 0.1) is 23.2 Å². The van der Waals surface area contributed by atoms with Crippen LogP contribution < -0.4 is 40.0 Å². The number of nitrogens with one attached hydrogen (secondary N) is 1. The number of aromatic nitrogens is 2. The summed E-state index contributed by atoms with van der Waals surface area (Å²) in [6.07, 6.45) is 0.162. The van der Waals surface area contributed by atoms with Crippen molar-refractivity contribution in [2.45, 2.75) is 46.8 Å². The molecule has 4 unspecified atom stereocenters. The second-order valence-corrected chi connectivity index (χ2v) is 11.4. The number of thioether (sulfide) groups is 2. The Morgan fingerprint density at radius 1 is 1.29 bits per heavy atom. The minimum Gasteiger partial charge on any atom is -0.548 e. The number of hydrogen-bond acceptors (Lipinski definition) is 9. The Labute approximate surface area is 214 Å². The third-order valence-corrected chi connectivity index (χ3v) is 9.20. The number of carboxylic acid groups (broad SMARTS) is 1. The number of amides is 2. The van der Waals surface area contributed by atoms with E-state index in [0.717, 1.165) is 14.9 Å². The number of aryl methyl sites for hydroxylation is 1. The van der Waals surface area contributed by atoms with E-state index >= 15 is 0 Å².